The van der Waals surface area contributed by atoms with Gasteiger partial charge in [0.15, 0.2) is 6.10 Å². The first kappa shape index (κ1) is 56.9. The molecule has 0 rings (SSSR count). The Bertz CT molecular complexity index is 1140. The van der Waals surface area contributed by atoms with Crippen LogP contribution in [0.3, 0.4) is 0 Å². The average molecular weight is 837 g/mol. The summed E-state index contributed by atoms with van der Waals surface area (Å²) in [7, 11) is 0. The van der Waals surface area contributed by atoms with Gasteiger partial charge in [-0.1, -0.05) is 229 Å². The van der Waals surface area contributed by atoms with Crippen LogP contribution in [-0.4, -0.2) is 37.2 Å². The van der Waals surface area contributed by atoms with E-state index in [1.807, 2.05) is 48.6 Å². The third-order valence-corrected chi connectivity index (χ3v) is 10.6. The number of allylic oxidation sites excluding steroid dienone is 12. The molecular formula is C54H92O6. The van der Waals surface area contributed by atoms with Crippen LogP contribution < -0.4 is 0 Å². The van der Waals surface area contributed by atoms with Crippen LogP contribution in [0.2, 0.25) is 0 Å². The van der Waals surface area contributed by atoms with Crippen LogP contribution >= 0.6 is 0 Å². The predicted molar refractivity (Wildman–Crippen MR) is 256 cm³/mol. The highest BCUT2D eigenvalue weighted by Crippen LogP contribution is 2.15. The predicted octanol–water partition coefficient (Wildman–Crippen LogP) is 16.3. The van der Waals surface area contributed by atoms with E-state index in [0.29, 0.717) is 25.7 Å². The summed E-state index contributed by atoms with van der Waals surface area (Å²) in [5, 5.41) is 0. The molecule has 0 heterocycles. The highest BCUT2D eigenvalue weighted by Gasteiger charge is 2.19. The van der Waals surface area contributed by atoms with Crippen molar-refractivity contribution in [2.45, 2.75) is 239 Å². The number of carbonyl (C=O) groups is 3. The van der Waals surface area contributed by atoms with E-state index >= 15 is 0 Å². The Morgan fingerprint density at radius 3 is 1.15 bits per heavy atom. The van der Waals surface area contributed by atoms with Crippen molar-refractivity contribution in [2.24, 2.45) is 0 Å². The maximum Gasteiger partial charge on any atom is 0.306 e. The normalized spacial score (nSPS) is 12.7. The number of rotatable bonds is 44. The molecule has 0 spiro atoms. The maximum absolute atomic E-state index is 12.7. The van der Waals surface area contributed by atoms with Gasteiger partial charge < -0.3 is 14.2 Å². The molecule has 0 radical (unpaired) electrons. The standard InChI is InChI=1S/C54H92O6/c1-4-7-10-13-16-19-21-23-25-26-27-29-30-32-35-38-41-44-47-53(56)59-50-51(49-58-52(55)46-43-40-37-34-18-15-12-9-6-3)60-54(57)48-45-42-39-36-33-31-28-24-22-20-17-14-11-8-5-2/h8,11,14,17,20,22,24,28,31,33-34,37,51H,4-7,9-10,12-13,15-16,18-19,21,23,25-27,29-30,32,35-36,38-50H2,1-3H3/b11-8-,17-14-,22-20-,28-24-,33-31-,37-34-. The van der Waals surface area contributed by atoms with Gasteiger partial charge in [-0.3, -0.25) is 14.4 Å². The van der Waals surface area contributed by atoms with Crippen molar-refractivity contribution in [3.05, 3.63) is 72.9 Å². The Balaban J connectivity index is 4.39. The molecular weight excluding hydrogens is 745 g/mol. The molecule has 0 aromatic heterocycles. The summed E-state index contributed by atoms with van der Waals surface area (Å²) in [6.07, 6.45) is 60.4. The van der Waals surface area contributed by atoms with Crippen LogP contribution in [0.1, 0.15) is 233 Å². The van der Waals surface area contributed by atoms with Crippen molar-refractivity contribution in [1.82, 2.24) is 0 Å². The van der Waals surface area contributed by atoms with Crippen LogP contribution in [0.25, 0.3) is 0 Å². The van der Waals surface area contributed by atoms with Gasteiger partial charge in [0.1, 0.15) is 13.2 Å². The van der Waals surface area contributed by atoms with E-state index in [1.54, 1.807) is 0 Å². The first-order chi connectivity index (χ1) is 29.5. The topological polar surface area (TPSA) is 78.9 Å². The molecule has 0 fully saturated rings. The molecule has 6 heteroatoms. The molecule has 60 heavy (non-hydrogen) atoms. The van der Waals surface area contributed by atoms with Crippen molar-refractivity contribution in [2.75, 3.05) is 13.2 Å². The van der Waals surface area contributed by atoms with Crippen molar-refractivity contribution in [1.29, 1.82) is 0 Å². The van der Waals surface area contributed by atoms with E-state index in [9.17, 15) is 14.4 Å². The molecule has 0 aliphatic heterocycles. The molecule has 0 aromatic carbocycles. The van der Waals surface area contributed by atoms with Gasteiger partial charge in [-0.05, 0) is 57.8 Å². The molecule has 6 nitrogen and oxygen atoms in total. The first-order valence-corrected chi connectivity index (χ1v) is 25.0. The molecule has 0 aliphatic carbocycles. The molecule has 1 unspecified atom stereocenters. The summed E-state index contributed by atoms with van der Waals surface area (Å²) in [4.78, 5) is 37.8. The fraction of sp³-hybridized carbons (Fsp3) is 0.722. The molecule has 0 aromatic rings. The number of hydrogen-bond donors (Lipinski definition) is 0. The van der Waals surface area contributed by atoms with Gasteiger partial charge in [-0.25, -0.2) is 0 Å². The fourth-order valence-electron chi connectivity index (χ4n) is 6.82. The van der Waals surface area contributed by atoms with E-state index in [0.717, 1.165) is 57.8 Å². The highest BCUT2D eigenvalue weighted by atomic mass is 16.6. The minimum atomic E-state index is -0.805. The molecule has 0 saturated heterocycles. The monoisotopic (exact) mass is 837 g/mol. The first-order valence-electron chi connectivity index (χ1n) is 25.0. The zero-order valence-corrected chi connectivity index (χ0v) is 39.2. The lowest BCUT2D eigenvalue weighted by molar-refractivity contribution is -0.167. The third-order valence-electron chi connectivity index (χ3n) is 10.6. The van der Waals surface area contributed by atoms with Gasteiger partial charge in [0.25, 0.3) is 0 Å². The maximum atomic E-state index is 12.7. The van der Waals surface area contributed by atoms with Crippen LogP contribution in [0.5, 0.6) is 0 Å². The smallest absolute Gasteiger partial charge is 0.306 e. The quantitative estimate of drug-likeness (QED) is 0.0200. The number of carbonyl (C=O) groups excluding carboxylic acids is 3. The Morgan fingerprint density at radius 1 is 0.350 bits per heavy atom. The SMILES string of the molecule is CC\C=C/C=C\C=C/C=C\C=C/CCCCCC(=O)OC(COC(=O)CCC/C=C\CCCCCC)COC(=O)CCCCCCCCCCCCCCCCCCCC. The number of unbranched alkanes of at least 4 members (excludes halogenated alkanes) is 25. The summed E-state index contributed by atoms with van der Waals surface area (Å²) in [5.74, 6) is -0.978. The zero-order chi connectivity index (χ0) is 43.7. The van der Waals surface area contributed by atoms with Gasteiger partial charge in [-0.2, -0.15) is 0 Å². The van der Waals surface area contributed by atoms with Gasteiger partial charge in [0.2, 0.25) is 0 Å². The van der Waals surface area contributed by atoms with Crippen LogP contribution in [0.15, 0.2) is 72.9 Å². The van der Waals surface area contributed by atoms with Crippen LogP contribution in [0.4, 0.5) is 0 Å². The van der Waals surface area contributed by atoms with Crippen LogP contribution in [0, 0.1) is 0 Å². The summed E-state index contributed by atoms with van der Waals surface area (Å²) in [6, 6.07) is 0. The van der Waals surface area contributed by atoms with Crippen molar-refractivity contribution in [3.63, 3.8) is 0 Å². The third kappa shape index (κ3) is 45.9. The van der Waals surface area contributed by atoms with Crippen LogP contribution in [-0.2, 0) is 28.6 Å². The second kappa shape index (κ2) is 48.5. The molecule has 0 N–H and O–H groups in total. The van der Waals surface area contributed by atoms with E-state index in [4.69, 9.17) is 14.2 Å². The number of hydrogen-bond acceptors (Lipinski definition) is 6. The fourth-order valence-corrected chi connectivity index (χ4v) is 6.82. The minimum absolute atomic E-state index is 0.0998. The second-order valence-corrected chi connectivity index (χ2v) is 16.5. The minimum Gasteiger partial charge on any atom is -0.462 e. The zero-order valence-electron chi connectivity index (χ0n) is 39.2. The Morgan fingerprint density at radius 2 is 0.683 bits per heavy atom. The Hall–Kier alpha value is -3.15. The molecule has 0 aliphatic rings. The lowest BCUT2D eigenvalue weighted by Crippen LogP contribution is -2.30. The van der Waals surface area contributed by atoms with Crippen molar-refractivity contribution < 1.29 is 28.6 Å². The summed E-state index contributed by atoms with van der Waals surface area (Å²) in [6.45, 7) is 6.40. The van der Waals surface area contributed by atoms with E-state index in [2.05, 4.69) is 45.1 Å². The van der Waals surface area contributed by atoms with Crippen molar-refractivity contribution in [3.8, 4) is 0 Å². The number of esters is 3. The molecule has 0 amide bonds. The molecule has 0 bridgehead atoms. The summed E-state index contributed by atoms with van der Waals surface area (Å²) in [5.41, 5.74) is 0. The van der Waals surface area contributed by atoms with Gasteiger partial charge in [-0.15, -0.1) is 0 Å². The summed E-state index contributed by atoms with van der Waals surface area (Å²) >= 11 is 0. The Labute approximate surface area is 370 Å². The van der Waals surface area contributed by atoms with Crippen molar-refractivity contribution >= 4 is 17.9 Å². The lowest BCUT2D eigenvalue weighted by atomic mass is 10.0. The molecule has 1 atom stereocenters. The highest BCUT2D eigenvalue weighted by molar-refractivity contribution is 5.71. The average Bonchev–Trinajstić information content (AvgIpc) is 3.24. The van der Waals surface area contributed by atoms with E-state index < -0.39 is 6.10 Å². The van der Waals surface area contributed by atoms with E-state index in [1.165, 1.54) is 122 Å². The molecule has 0 saturated carbocycles. The number of ether oxygens (including phenoxy) is 3. The largest absolute Gasteiger partial charge is 0.462 e. The van der Waals surface area contributed by atoms with Gasteiger partial charge >= 0.3 is 17.9 Å². The van der Waals surface area contributed by atoms with Gasteiger partial charge in [0, 0.05) is 19.3 Å². The van der Waals surface area contributed by atoms with Gasteiger partial charge in [0.05, 0.1) is 0 Å². The summed E-state index contributed by atoms with van der Waals surface area (Å²) < 4.78 is 16.7. The lowest BCUT2D eigenvalue weighted by Gasteiger charge is -2.18. The molecule has 344 valence electrons. The van der Waals surface area contributed by atoms with E-state index in [-0.39, 0.29) is 37.5 Å². The Kier molecular flexibility index (Phi) is 46.0. The second-order valence-electron chi connectivity index (χ2n) is 16.5.